The van der Waals surface area contributed by atoms with E-state index in [9.17, 15) is 14.4 Å². The largest absolute Gasteiger partial charge is 0.462 e. The molecule has 1 atom stereocenters. The van der Waals surface area contributed by atoms with Crippen LogP contribution in [-0.4, -0.2) is 37.2 Å². The van der Waals surface area contributed by atoms with E-state index < -0.39 is 6.10 Å². The number of carbonyl (C=O) groups is 3. The zero-order valence-electron chi connectivity index (χ0n) is 43.4. The molecule has 0 aromatic heterocycles. The van der Waals surface area contributed by atoms with E-state index in [4.69, 9.17) is 14.2 Å². The summed E-state index contributed by atoms with van der Waals surface area (Å²) in [5, 5.41) is 0. The molecular weight excluding hydrogens is 781 g/mol. The molecule has 0 spiro atoms. The Bertz CT molecular complexity index is 976. The number of esters is 3. The predicted molar refractivity (Wildman–Crippen MR) is 270 cm³/mol. The average molecular weight is 892 g/mol. The number of rotatable bonds is 50. The third kappa shape index (κ3) is 51.3. The lowest BCUT2D eigenvalue weighted by molar-refractivity contribution is -0.167. The summed E-state index contributed by atoms with van der Waals surface area (Å²) in [5.41, 5.74) is 0. The summed E-state index contributed by atoms with van der Waals surface area (Å²) in [5.74, 6) is 1.61. The minimum atomic E-state index is -0.763. The van der Waals surface area contributed by atoms with Crippen LogP contribution in [0.25, 0.3) is 0 Å². The van der Waals surface area contributed by atoms with Gasteiger partial charge in [-0.25, -0.2) is 0 Å². The summed E-state index contributed by atoms with van der Waals surface area (Å²) in [6.45, 7) is 13.7. The third-order valence-electron chi connectivity index (χ3n) is 12.9. The van der Waals surface area contributed by atoms with Crippen molar-refractivity contribution in [3.63, 3.8) is 0 Å². The van der Waals surface area contributed by atoms with Crippen LogP contribution in [0.5, 0.6) is 0 Å². The van der Waals surface area contributed by atoms with E-state index in [2.05, 4.69) is 41.5 Å². The van der Waals surface area contributed by atoms with Crippen LogP contribution in [0, 0.1) is 17.8 Å². The van der Waals surface area contributed by atoms with Gasteiger partial charge >= 0.3 is 17.9 Å². The van der Waals surface area contributed by atoms with Gasteiger partial charge in [0, 0.05) is 19.3 Å². The highest BCUT2D eigenvalue weighted by atomic mass is 16.6. The van der Waals surface area contributed by atoms with Crippen LogP contribution in [0.1, 0.15) is 311 Å². The Morgan fingerprint density at radius 2 is 0.460 bits per heavy atom. The minimum absolute atomic E-state index is 0.0645. The Balaban J connectivity index is 4.22. The zero-order valence-corrected chi connectivity index (χ0v) is 43.4. The maximum atomic E-state index is 12.8. The second kappa shape index (κ2) is 48.3. The number of hydrogen-bond acceptors (Lipinski definition) is 6. The average Bonchev–Trinajstić information content (AvgIpc) is 3.24. The fourth-order valence-electron chi connectivity index (χ4n) is 8.65. The maximum Gasteiger partial charge on any atom is 0.306 e. The molecule has 0 radical (unpaired) electrons. The quantitative estimate of drug-likeness (QED) is 0.0344. The monoisotopic (exact) mass is 891 g/mol. The Morgan fingerprint density at radius 3 is 0.683 bits per heavy atom. The molecule has 0 fully saturated rings. The van der Waals surface area contributed by atoms with Gasteiger partial charge in [-0.2, -0.15) is 0 Å². The van der Waals surface area contributed by atoms with Crippen molar-refractivity contribution in [2.24, 2.45) is 17.8 Å². The van der Waals surface area contributed by atoms with Gasteiger partial charge in [0.1, 0.15) is 13.2 Å². The van der Waals surface area contributed by atoms with Gasteiger partial charge in [0.25, 0.3) is 0 Å². The van der Waals surface area contributed by atoms with Gasteiger partial charge in [0.15, 0.2) is 6.10 Å². The van der Waals surface area contributed by atoms with E-state index in [-0.39, 0.29) is 31.1 Å². The van der Waals surface area contributed by atoms with E-state index in [0.717, 1.165) is 75.5 Å². The standard InChI is InChI=1S/C57H110O6/c1-51(2)43-37-31-25-21-17-13-9-7-11-15-19-23-27-34-40-46-55(58)61-49-54(50-62-56(59)47-41-35-30-29-33-39-45-53(5)6)63-57(60)48-42-36-28-24-20-16-12-8-10-14-18-22-26-32-38-44-52(3)4/h51-54H,7-50H2,1-6H3/t54-/m0/s1. The van der Waals surface area contributed by atoms with Gasteiger partial charge < -0.3 is 14.2 Å². The van der Waals surface area contributed by atoms with Crippen molar-refractivity contribution in [3.05, 3.63) is 0 Å². The highest BCUT2D eigenvalue weighted by Crippen LogP contribution is 2.18. The summed E-state index contributed by atoms with van der Waals surface area (Å²) in [6.07, 6.45) is 49.7. The normalized spacial score (nSPS) is 12.1. The molecular formula is C57H110O6. The van der Waals surface area contributed by atoms with Crippen molar-refractivity contribution in [2.75, 3.05) is 13.2 Å². The fraction of sp³-hybridized carbons (Fsp3) is 0.947. The van der Waals surface area contributed by atoms with Crippen molar-refractivity contribution in [1.29, 1.82) is 0 Å². The van der Waals surface area contributed by atoms with Crippen LogP contribution in [0.4, 0.5) is 0 Å². The molecule has 0 amide bonds. The van der Waals surface area contributed by atoms with Crippen molar-refractivity contribution < 1.29 is 28.6 Å². The van der Waals surface area contributed by atoms with E-state index in [1.54, 1.807) is 0 Å². The first-order valence-electron chi connectivity index (χ1n) is 28.1. The van der Waals surface area contributed by atoms with E-state index in [0.29, 0.717) is 19.3 Å². The van der Waals surface area contributed by atoms with Gasteiger partial charge in [0.05, 0.1) is 0 Å². The summed E-state index contributed by atoms with van der Waals surface area (Å²) >= 11 is 0. The van der Waals surface area contributed by atoms with Gasteiger partial charge in [-0.15, -0.1) is 0 Å². The molecule has 0 heterocycles. The van der Waals surface area contributed by atoms with E-state index in [1.165, 1.54) is 193 Å². The van der Waals surface area contributed by atoms with Crippen LogP contribution in [0.15, 0.2) is 0 Å². The molecule has 0 aromatic rings. The Kier molecular flexibility index (Phi) is 47.1. The Morgan fingerprint density at radius 1 is 0.270 bits per heavy atom. The number of carbonyl (C=O) groups excluding carboxylic acids is 3. The molecule has 0 saturated heterocycles. The minimum Gasteiger partial charge on any atom is -0.462 e. The van der Waals surface area contributed by atoms with Crippen LogP contribution in [0.3, 0.4) is 0 Å². The van der Waals surface area contributed by atoms with Crippen LogP contribution < -0.4 is 0 Å². The molecule has 0 rings (SSSR count). The first-order chi connectivity index (χ1) is 30.6. The highest BCUT2D eigenvalue weighted by molar-refractivity contribution is 5.71. The summed E-state index contributed by atoms with van der Waals surface area (Å²) < 4.78 is 16.8. The van der Waals surface area contributed by atoms with Gasteiger partial charge in [-0.05, 0) is 37.0 Å². The smallest absolute Gasteiger partial charge is 0.306 e. The molecule has 6 nitrogen and oxygen atoms in total. The van der Waals surface area contributed by atoms with E-state index >= 15 is 0 Å². The lowest BCUT2D eigenvalue weighted by atomic mass is 10.0. The molecule has 0 saturated carbocycles. The molecule has 0 aromatic carbocycles. The molecule has 63 heavy (non-hydrogen) atoms. The molecule has 0 aliphatic rings. The predicted octanol–water partition coefficient (Wildman–Crippen LogP) is 18.3. The Labute approximate surface area is 393 Å². The number of unbranched alkanes of at least 4 members (excludes halogenated alkanes) is 33. The third-order valence-corrected chi connectivity index (χ3v) is 12.9. The Hall–Kier alpha value is -1.59. The second-order valence-electron chi connectivity index (χ2n) is 21.0. The molecule has 6 heteroatoms. The summed E-state index contributed by atoms with van der Waals surface area (Å²) in [6, 6.07) is 0. The highest BCUT2D eigenvalue weighted by Gasteiger charge is 2.19. The number of ether oxygens (including phenoxy) is 3. The number of hydrogen-bond donors (Lipinski definition) is 0. The fourth-order valence-corrected chi connectivity index (χ4v) is 8.65. The van der Waals surface area contributed by atoms with Gasteiger partial charge in [-0.1, -0.05) is 273 Å². The summed E-state index contributed by atoms with van der Waals surface area (Å²) in [4.78, 5) is 38.0. The first kappa shape index (κ1) is 61.4. The SMILES string of the molecule is CC(C)CCCCCCCCCCCCCCCCCC(=O)OC[C@@H](COC(=O)CCCCCCCCC(C)C)OC(=O)CCCCCCCCCCCCCCCCCC(C)C. The van der Waals surface area contributed by atoms with Crippen molar-refractivity contribution in [2.45, 2.75) is 317 Å². The molecule has 374 valence electrons. The van der Waals surface area contributed by atoms with Crippen molar-refractivity contribution in [1.82, 2.24) is 0 Å². The van der Waals surface area contributed by atoms with Crippen molar-refractivity contribution in [3.8, 4) is 0 Å². The van der Waals surface area contributed by atoms with Crippen molar-refractivity contribution >= 4 is 17.9 Å². The molecule has 0 unspecified atom stereocenters. The van der Waals surface area contributed by atoms with Crippen LogP contribution >= 0.6 is 0 Å². The molecule has 0 aliphatic heterocycles. The molecule has 0 N–H and O–H groups in total. The lowest BCUT2D eigenvalue weighted by Crippen LogP contribution is -2.30. The van der Waals surface area contributed by atoms with Crippen LogP contribution in [0.2, 0.25) is 0 Å². The second-order valence-corrected chi connectivity index (χ2v) is 21.0. The topological polar surface area (TPSA) is 78.9 Å². The molecule has 0 bridgehead atoms. The zero-order chi connectivity index (χ0) is 46.3. The molecule has 0 aliphatic carbocycles. The maximum absolute atomic E-state index is 12.8. The lowest BCUT2D eigenvalue weighted by Gasteiger charge is -2.18. The first-order valence-corrected chi connectivity index (χ1v) is 28.1. The summed E-state index contributed by atoms with van der Waals surface area (Å²) in [7, 11) is 0. The van der Waals surface area contributed by atoms with E-state index in [1.807, 2.05) is 0 Å². The van der Waals surface area contributed by atoms with Gasteiger partial charge in [-0.3, -0.25) is 14.4 Å². The van der Waals surface area contributed by atoms with Crippen LogP contribution in [-0.2, 0) is 28.6 Å². The van der Waals surface area contributed by atoms with Gasteiger partial charge in [0.2, 0.25) is 0 Å².